The van der Waals surface area contributed by atoms with Crippen molar-refractivity contribution in [3.63, 3.8) is 0 Å². The fraction of sp³-hybridized carbons (Fsp3) is 0.231. The summed E-state index contributed by atoms with van der Waals surface area (Å²) in [6.45, 7) is 4.10. The summed E-state index contributed by atoms with van der Waals surface area (Å²) in [5.74, 6) is 1.46. The van der Waals surface area contributed by atoms with E-state index < -0.39 is 0 Å². The molecule has 4 nitrogen and oxygen atoms in total. The van der Waals surface area contributed by atoms with Gasteiger partial charge < -0.3 is 8.83 Å². The normalized spacial score (nSPS) is 17.7. The number of halogens is 1. The van der Waals surface area contributed by atoms with Crippen molar-refractivity contribution in [1.82, 2.24) is 0 Å². The van der Waals surface area contributed by atoms with Crippen molar-refractivity contribution in [2.45, 2.75) is 13.8 Å². The molecule has 0 radical (unpaired) electrons. The minimum Gasteiger partial charge on any atom is -0.463 e. The maximum Gasteiger partial charge on any atom is 0.169 e. The molecule has 2 aromatic heterocycles. The predicted octanol–water partition coefficient (Wildman–Crippen LogP) is 3.87. The summed E-state index contributed by atoms with van der Waals surface area (Å²) in [6.07, 6.45) is 1.63. The molecule has 0 fully saturated rings. The average Bonchev–Trinajstić information content (AvgIpc) is 2.98. The van der Waals surface area contributed by atoms with Gasteiger partial charge in [0.25, 0.3) is 0 Å². The first-order chi connectivity index (χ1) is 8.59. The quantitative estimate of drug-likeness (QED) is 0.845. The van der Waals surface area contributed by atoms with Crippen molar-refractivity contribution in [3.05, 3.63) is 46.7 Å². The minimum absolute atomic E-state index is 0.338. The molecular weight excluding hydrogens is 296 g/mol. The van der Waals surface area contributed by atoms with E-state index in [0.717, 1.165) is 22.9 Å². The van der Waals surface area contributed by atoms with E-state index in [9.17, 15) is 0 Å². The number of hydrogen-bond acceptors (Lipinski definition) is 4. The van der Waals surface area contributed by atoms with Crippen LogP contribution in [0.4, 0.5) is 0 Å². The Morgan fingerprint density at radius 2 is 1.78 bits per heavy atom. The first-order valence-electron chi connectivity index (χ1n) is 5.55. The lowest BCUT2D eigenvalue weighted by Gasteiger charge is -2.19. The summed E-state index contributed by atoms with van der Waals surface area (Å²) in [7, 11) is 0. The molecule has 0 aromatic carbocycles. The summed E-state index contributed by atoms with van der Waals surface area (Å²) in [4.78, 5) is 0. The highest BCUT2D eigenvalue weighted by molar-refractivity contribution is 9.10. The Kier molecular flexibility index (Phi) is 2.52. The smallest absolute Gasteiger partial charge is 0.169 e. The minimum atomic E-state index is -0.338. The lowest BCUT2D eigenvalue weighted by Crippen LogP contribution is -2.30. The van der Waals surface area contributed by atoms with Crippen LogP contribution in [0.15, 0.2) is 54.2 Å². The Hall–Kier alpha value is -1.62. The van der Waals surface area contributed by atoms with Crippen LogP contribution in [0.25, 0.3) is 0 Å². The fourth-order valence-electron chi connectivity index (χ4n) is 2.03. The molecule has 92 valence electrons. The number of rotatable bonds is 2. The number of hydrogen-bond donors (Lipinski definition) is 0. The van der Waals surface area contributed by atoms with Crippen LogP contribution in [-0.4, -0.2) is 11.4 Å². The van der Waals surface area contributed by atoms with Crippen LogP contribution in [0.1, 0.15) is 25.4 Å². The molecule has 0 N–H and O–H groups in total. The van der Waals surface area contributed by atoms with E-state index in [4.69, 9.17) is 8.83 Å². The van der Waals surface area contributed by atoms with Gasteiger partial charge in [-0.25, -0.2) is 0 Å². The monoisotopic (exact) mass is 306 g/mol. The van der Waals surface area contributed by atoms with Gasteiger partial charge in [0.2, 0.25) is 0 Å². The van der Waals surface area contributed by atoms with Gasteiger partial charge >= 0.3 is 0 Å². The predicted molar refractivity (Wildman–Crippen MR) is 72.0 cm³/mol. The molecule has 0 bridgehead atoms. The molecule has 0 unspecified atom stereocenters. The van der Waals surface area contributed by atoms with Gasteiger partial charge in [-0.05, 0) is 54.0 Å². The zero-order chi connectivity index (χ0) is 12.8. The van der Waals surface area contributed by atoms with E-state index in [1.807, 2.05) is 24.3 Å². The lowest BCUT2D eigenvalue weighted by molar-refractivity contribution is 0.520. The Balaban J connectivity index is 1.99. The zero-order valence-electron chi connectivity index (χ0n) is 9.98. The van der Waals surface area contributed by atoms with E-state index in [-0.39, 0.29) is 5.41 Å². The van der Waals surface area contributed by atoms with Gasteiger partial charge in [-0.3, -0.25) is 0 Å². The molecule has 18 heavy (non-hydrogen) atoms. The Bertz CT molecular complexity index is 636. The second-order valence-corrected chi connectivity index (χ2v) is 5.38. The van der Waals surface area contributed by atoms with Crippen LogP contribution >= 0.6 is 15.9 Å². The maximum absolute atomic E-state index is 5.55. The van der Waals surface area contributed by atoms with Crippen molar-refractivity contribution in [2.24, 2.45) is 15.6 Å². The molecule has 0 saturated carbocycles. The van der Waals surface area contributed by atoms with Crippen molar-refractivity contribution >= 4 is 27.4 Å². The largest absolute Gasteiger partial charge is 0.463 e. The maximum atomic E-state index is 5.55. The lowest BCUT2D eigenvalue weighted by atomic mass is 9.81. The molecule has 0 spiro atoms. The van der Waals surface area contributed by atoms with E-state index in [1.165, 1.54) is 0 Å². The van der Waals surface area contributed by atoms with Crippen LogP contribution in [0.5, 0.6) is 0 Å². The van der Waals surface area contributed by atoms with Gasteiger partial charge in [-0.1, -0.05) is 0 Å². The topological polar surface area (TPSA) is 51.0 Å². The zero-order valence-corrected chi connectivity index (χ0v) is 11.6. The van der Waals surface area contributed by atoms with Crippen LogP contribution in [0.2, 0.25) is 0 Å². The van der Waals surface area contributed by atoms with Gasteiger partial charge in [0.05, 0.1) is 11.7 Å². The van der Waals surface area contributed by atoms with E-state index in [2.05, 4.69) is 40.0 Å². The molecule has 2 aromatic rings. The van der Waals surface area contributed by atoms with Crippen LogP contribution in [-0.2, 0) is 0 Å². The third kappa shape index (κ3) is 1.66. The Morgan fingerprint density at radius 3 is 2.33 bits per heavy atom. The highest BCUT2D eigenvalue weighted by Crippen LogP contribution is 2.34. The van der Waals surface area contributed by atoms with E-state index in [1.54, 1.807) is 6.26 Å². The molecule has 0 aliphatic carbocycles. The third-order valence-corrected chi connectivity index (χ3v) is 3.42. The van der Waals surface area contributed by atoms with Crippen LogP contribution in [0, 0.1) is 5.41 Å². The summed E-state index contributed by atoms with van der Waals surface area (Å²) in [5, 5.41) is 8.47. The third-order valence-electron chi connectivity index (χ3n) is 3.00. The first kappa shape index (κ1) is 11.5. The second-order valence-electron chi connectivity index (χ2n) is 4.60. The standard InChI is InChI=1S/C13H11BrN2O2/c1-13(2)11(8-4-3-7-17-8)15-16-12(13)9-5-6-10(14)18-9/h3-7H,1-2H3. The molecule has 0 amide bonds. The van der Waals surface area contributed by atoms with Crippen molar-refractivity contribution < 1.29 is 8.83 Å². The van der Waals surface area contributed by atoms with Crippen molar-refractivity contribution in [3.8, 4) is 0 Å². The molecular formula is C13H11BrN2O2. The van der Waals surface area contributed by atoms with Gasteiger partial charge in [0.15, 0.2) is 16.2 Å². The van der Waals surface area contributed by atoms with Crippen LogP contribution in [0.3, 0.4) is 0 Å². The van der Waals surface area contributed by atoms with E-state index in [0.29, 0.717) is 4.67 Å². The molecule has 0 atom stereocenters. The highest BCUT2D eigenvalue weighted by Gasteiger charge is 2.40. The van der Waals surface area contributed by atoms with Gasteiger partial charge in [0.1, 0.15) is 11.4 Å². The molecule has 1 aliphatic rings. The number of nitrogens with zero attached hydrogens (tertiary/aromatic N) is 2. The molecule has 5 heteroatoms. The molecule has 0 saturated heterocycles. The summed E-state index contributed by atoms with van der Waals surface area (Å²) < 4.78 is 11.6. The number of furan rings is 2. The van der Waals surface area contributed by atoms with Gasteiger partial charge in [0, 0.05) is 0 Å². The molecule has 3 heterocycles. The van der Waals surface area contributed by atoms with Crippen LogP contribution < -0.4 is 0 Å². The summed E-state index contributed by atoms with van der Waals surface area (Å²) in [6, 6.07) is 7.45. The van der Waals surface area contributed by atoms with Gasteiger partial charge in [-0.2, -0.15) is 10.2 Å². The average molecular weight is 307 g/mol. The SMILES string of the molecule is CC1(C)C(c2ccco2)=NN=C1c1ccc(Br)o1. The molecule has 1 aliphatic heterocycles. The fourth-order valence-corrected chi connectivity index (χ4v) is 2.34. The Morgan fingerprint density at radius 1 is 1.06 bits per heavy atom. The summed E-state index contributed by atoms with van der Waals surface area (Å²) in [5.41, 5.74) is 1.28. The Labute approximate surface area is 113 Å². The molecule has 3 rings (SSSR count). The van der Waals surface area contributed by atoms with Crippen molar-refractivity contribution in [1.29, 1.82) is 0 Å². The highest BCUT2D eigenvalue weighted by atomic mass is 79.9. The van der Waals surface area contributed by atoms with Crippen molar-refractivity contribution in [2.75, 3.05) is 0 Å². The first-order valence-corrected chi connectivity index (χ1v) is 6.34. The summed E-state index contributed by atoms with van der Waals surface area (Å²) >= 11 is 3.29. The second kappa shape index (κ2) is 3.95. The van der Waals surface area contributed by atoms with Gasteiger partial charge in [-0.15, -0.1) is 0 Å². The van der Waals surface area contributed by atoms with E-state index >= 15 is 0 Å².